The smallest absolute Gasteiger partial charge is 0.391 e. The van der Waals surface area contributed by atoms with Crippen LogP contribution in [-0.2, 0) is 4.74 Å². The van der Waals surface area contributed by atoms with Crippen LogP contribution in [0.15, 0.2) is 18.3 Å². The molecule has 1 aromatic heterocycles. The zero-order valence-corrected chi connectivity index (χ0v) is 12.8. The first-order chi connectivity index (χ1) is 10.9. The van der Waals surface area contributed by atoms with Crippen molar-refractivity contribution in [3.05, 3.63) is 23.9 Å². The van der Waals surface area contributed by atoms with E-state index in [0.29, 0.717) is 18.8 Å². The van der Waals surface area contributed by atoms with Crippen molar-refractivity contribution < 1.29 is 27.4 Å². The van der Waals surface area contributed by atoms with Crippen LogP contribution in [0.3, 0.4) is 0 Å². The second-order valence-corrected chi connectivity index (χ2v) is 5.33. The Morgan fingerprint density at radius 2 is 2.04 bits per heavy atom. The minimum absolute atomic E-state index is 0.0580. The van der Waals surface area contributed by atoms with E-state index >= 15 is 0 Å². The van der Waals surface area contributed by atoms with Crippen LogP contribution in [0.1, 0.15) is 23.2 Å². The zero-order chi connectivity index (χ0) is 16.9. The Bertz CT molecular complexity index is 529. The molecule has 1 fully saturated rings. The third-order valence-corrected chi connectivity index (χ3v) is 3.76. The summed E-state index contributed by atoms with van der Waals surface area (Å²) >= 11 is 0. The van der Waals surface area contributed by atoms with Gasteiger partial charge in [0.25, 0.3) is 5.91 Å². The number of amides is 1. The monoisotopic (exact) mass is 332 g/mol. The Morgan fingerprint density at radius 3 is 2.65 bits per heavy atom. The molecule has 1 saturated heterocycles. The first kappa shape index (κ1) is 17.5. The van der Waals surface area contributed by atoms with Crippen LogP contribution in [0.25, 0.3) is 0 Å². The number of hydrogen-bond acceptors (Lipinski definition) is 4. The molecule has 2 rings (SSSR count). The number of piperidine rings is 1. The molecule has 0 saturated carbocycles. The normalized spacial score (nSPS) is 16.4. The van der Waals surface area contributed by atoms with Gasteiger partial charge >= 0.3 is 6.18 Å². The van der Waals surface area contributed by atoms with Crippen molar-refractivity contribution in [2.75, 3.05) is 33.4 Å². The van der Waals surface area contributed by atoms with Gasteiger partial charge in [0.2, 0.25) is 5.88 Å². The van der Waals surface area contributed by atoms with E-state index < -0.39 is 12.1 Å². The van der Waals surface area contributed by atoms with E-state index in [0.717, 1.165) is 0 Å². The van der Waals surface area contributed by atoms with Gasteiger partial charge in [-0.15, -0.1) is 0 Å². The Hall–Kier alpha value is -1.83. The van der Waals surface area contributed by atoms with Gasteiger partial charge in [0.05, 0.1) is 12.5 Å². The second kappa shape index (κ2) is 7.63. The summed E-state index contributed by atoms with van der Waals surface area (Å²) < 4.78 is 48.1. The van der Waals surface area contributed by atoms with Crippen molar-refractivity contribution in [2.45, 2.75) is 19.0 Å². The number of nitrogens with zero attached hydrogens (tertiary/aromatic N) is 2. The standard InChI is InChI=1S/C15H19F3N2O3/c1-22-8-9-23-13-10-11(2-5-19-13)14(21)20-6-3-12(4-7-20)15(16,17)18/h2,5,10,12H,3-4,6-9H2,1H3. The first-order valence-corrected chi connectivity index (χ1v) is 7.35. The van der Waals surface area contributed by atoms with Crippen LogP contribution in [-0.4, -0.2) is 55.4 Å². The average Bonchev–Trinajstić information content (AvgIpc) is 2.54. The molecule has 8 heteroatoms. The van der Waals surface area contributed by atoms with Crippen molar-refractivity contribution in [1.29, 1.82) is 0 Å². The van der Waals surface area contributed by atoms with Crippen LogP contribution >= 0.6 is 0 Å². The summed E-state index contributed by atoms with van der Waals surface area (Å²) in [6.07, 6.45) is -2.86. The molecule has 5 nitrogen and oxygen atoms in total. The molecule has 23 heavy (non-hydrogen) atoms. The second-order valence-electron chi connectivity index (χ2n) is 5.33. The number of carbonyl (C=O) groups excluding carboxylic acids is 1. The van der Waals surface area contributed by atoms with Gasteiger partial charge in [-0.05, 0) is 18.9 Å². The zero-order valence-electron chi connectivity index (χ0n) is 12.8. The quantitative estimate of drug-likeness (QED) is 0.778. The van der Waals surface area contributed by atoms with Gasteiger partial charge < -0.3 is 14.4 Å². The molecular formula is C15H19F3N2O3. The van der Waals surface area contributed by atoms with Gasteiger partial charge in [0, 0.05) is 38.0 Å². The third kappa shape index (κ3) is 4.82. The number of aromatic nitrogens is 1. The van der Waals surface area contributed by atoms with E-state index in [1.54, 1.807) is 7.11 Å². The lowest BCUT2D eigenvalue weighted by Crippen LogP contribution is -2.42. The van der Waals surface area contributed by atoms with Gasteiger partial charge in [0.15, 0.2) is 0 Å². The number of rotatable bonds is 5. The number of methoxy groups -OCH3 is 1. The van der Waals surface area contributed by atoms with Crippen molar-refractivity contribution in [1.82, 2.24) is 9.88 Å². The van der Waals surface area contributed by atoms with E-state index in [2.05, 4.69) is 4.98 Å². The van der Waals surface area contributed by atoms with Gasteiger partial charge in [-0.1, -0.05) is 0 Å². The summed E-state index contributed by atoms with van der Waals surface area (Å²) in [6, 6.07) is 3.02. The highest BCUT2D eigenvalue weighted by molar-refractivity contribution is 5.94. The number of hydrogen-bond donors (Lipinski definition) is 0. The molecule has 1 aromatic rings. The number of pyridine rings is 1. The summed E-state index contributed by atoms with van der Waals surface area (Å²) in [7, 11) is 1.54. The predicted octanol–water partition coefficient (Wildman–Crippen LogP) is 2.52. The lowest BCUT2D eigenvalue weighted by molar-refractivity contribution is -0.183. The fourth-order valence-electron chi connectivity index (χ4n) is 2.44. The number of halogens is 3. The summed E-state index contributed by atoms with van der Waals surface area (Å²) in [5.74, 6) is -1.33. The topological polar surface area (TPSA) is 51.7 Å². The predicted molar refractivity (Wildman–Crippen MR) is 76.3 cm³/mol. The Morgan fingerprint density at radius 1 is 1.35 bits per heavy atom. The van der Waals surface area contributed by atoms with Gasteiger partial charge in [-0.25, -0.2) is 4.98 Å². The molecule has 1 amide bonds. The summed E-state index contributed by atoms with van der Waals surface area (Å²) in [4.78, 5) is 17.8. The number of likely N-dealkylation sites (tertiary alicyclic amines) is 1. The molecule has 1 aliphatic rings. The molecule has 1 aliphatic heterocycles. The Kier molecular flexibility index (Phi) is 5.81. The summed E-state index contributed by atoms with van der Waals surface area (Å²) in [5.41, 5.74) is 0.359. The van der Waals surface area contributed by atoms with E-state index in [1.165, 1.54) is 23.2 Å². The highest BCUT2D eigenvalue weighted by atomic mass is 19.4. The van der Waals surface area contributed by atoms with E-state index in [-0.39, 0.29) is 37.7 Å². The number of alkyl halides is 3. The highest BCUT2D eigenvalue weighted by Crippen LogP contribution is 2.34. The Labute approximate surface area is 132 Å². The fraction of sp³-hybridized carbons (Fsp3) is 0.600. The molecule has 0 unspecified atom stereocenters. The lowest BCUT2D eigenvalue weighted by atomic mass is 9.96. The molecule has 0 radical (unpaired) electrons. The van der Waals surface area contributed by atoms with Crippen molar-refractivity contribution in [2.24, 2.45) is 5.92 Å². The summed E-state index contributed by atoms with van der Waals surface area (Å²) in [5, 5.41) is 0. The maximum absolute atomic E-state index is 12.7. The molecule has 2 heterocycles. The molecule has 0 spiro atoms. The van der Waals surface area contributed by atoms with Gasteiger partial charge in [0.1, 0.15) is 6.61 Å². The van der Waals surface area contributed by atoms with E-state index in [1.807, 2.05) is 0 Å². The fourth-order valence-corrected chi connectivity index (χ4v) is 2.44. The Balaban J connectivity index is 1.94. The number of ether oxygens (including phenoxy) is 2. The highest BCUT2D eigenvalue weighted by Gasteiger charge is 2.41. The lowest BCUT2D eigenvalue weighted by Gasteiger charge is -2.33. The van der Waals surface area contributed by atoms with Gasteiger partial charge in [-0.2, -0.15) is 13.2 Å². The number of carbonyl (C=O) groups is 1. The molecule has 0 atom stereocenters. The minimum atomic E-state index is -4.19. The summed E-state index contributed by atoms with van der Waals surface area (Å²) in [6.45, 7) is 0.902. The van der Waals surface area contributed by atoms with Gasteiger partial charge in [-0.3, -0.25) is 4.79 Å². The molecule has 0 aromatic carbocycles. The van der Waals surface area contributed by atoms with E-state index in [9.17, 15) is 18.0 Å². The van der Waals surface area contributed by atoms with Crippen LogP contribution < -0.4 is 4.74 Å². The van der Waals surface area contributed by atoms with Crippen LogP contribution in [0, 0.1) is 5.92 Å². The van der Waals surface area contributed by atoms with Crippen LogP contribution in [0.5, 0.6) is 5.88 Å². The molecule has 0 N–H and O–H groups in total. The average molecular weight is 332 g/mol. The van der Waals surface area contributed by atoms with Crippen LogP contribution in [0.4, 0.5) is 13.2 Å². The minimum Gasteiger partial charge on any atom is -0.475 e. The van der Waals surface area contributed by atoms with Crippen molar-refractivity contribution in [3.8, 4) is 5.88 Å². The molecular weight excluding hydrogens is 313 g/mol. The molecule has 0 bridgehead atoms. The molecule has 128 valence electrons. The first-order valence-electron chi connectivity index (χ1n) is 7.35. The molecule has 0 aliphatic carbocycles. The van der Waals surface area contributed by atoms with E-state index in [4.69, 9.17) is 9.47 Å². The largest absolute Gasteiger partial charge is 0.475 e. The maximum Gasteiger partial charge on any atom is 0.391 e. The van der Waals surface area contributed by atoms with Crippen molar-refractivity contribution in [3.63, 3.8) is 0 Å². The SMILES string of the molecule is COCCOc1cc(C(=O)N2CCC(C(F)(F)F)CC2)ccn1. The van der Waals surface area contributed by atoms with Crippen LogP contribution in [0.2, 0.25) is 0 Å². The maximum atomic E-state index is 12.7. The third-order valence-electron chi connectivity index (χ3n) is 3.76. The van der Waals surface area contributed by atoms with Crippen molar-refractivity contribution >= 4 is 5.91 Å².